The third-order valence-corrected chi connectivity index (χ3v) is 5.16. The minimum absolute atomic E-state index is 0.00996. The molecule has 6 nitrogen and oxygen atoms in total. The molecule has 0 N–H and O–H groups in total. The Labute approximate surface area is 155 Å². The second kappa shape index (κ2) is 8.08. The van der Waals surface area contributed by atoms with Gasteiger partial charge < -0.3 is 19.4 Å². The van der Waals surface area contributed by atoms with Crippen LogP contribution in [0.3, 0.4) is 0 Å². The number of nitrogens with zero attached hydrogens (tertiary/aromatic N) is 3. The largest absolute Gasteiger partial charge is 0.383 e. The van der Waals surface area contributed by atoms with Gasteiger partial charge in [-0.3, -0.25) is 4.79 Å². The highest BCUT2D eigenvalue weighted by molar-refractivity contribution is 5.90. The van der Waals surface area contributed by atoms with E-state index in [1.54, 1.807) is 7.11 Å². The van der Waals surface area contributed by atoms with Crippen LogP contribution in [0.4, 0.5) is 4.79 Å². The van der Waals surface area contributed by atoms with Crippen LogP contribution in [0, 0.1) is 5.92 Å². The maximum absolute atomic E-state index is 13.1. The molecule has 1 aromatic carbocycles. The highest BCUT2D eigenvalue weighted by Crippen LogP contribution is 2.29. The first-order valence-corrected chi connectivity index (χ1v) is 9.40. The quantitative estimate of drug-likeness (QED) is 0.750. The van der Waals surface area contributed by atoms with Crippen LogP contribution < -0.4 is 0 Å². The topological polar surface area (TPSA) is 53.1 Å². The van der Waals surface area contributed by atoms with E-state index >= 15 is 0 Å². The summed E-state index contributed by atoms with van der Waals surface area (Å²) in [4.78, 5) is 31.6. The summed E-state index contributed by atoms with van der Waals surface area (Å²) in [6.45, 7) is 7.15. The number of methoxy groups -OCH3 is 1. The van der Waals surface area contributed by atoms with Crippen molar-refractivity contribution in [2.45, 2.75) is 38.9 Å². The van der Waals surface area contributed by atoms with Crippen molar-refractivity contribution >= 4 is 11.9 Å². The van der Waals surface area contributed by atoms with Crippen molar-refractivity contribution in [3.8, 4) is 0 Å². The molecule has 2 aliphatic rings. The average Bonchev–Trinajstić information content (AvgIpc) is 2.92. The van der Waals surface area contributed by atoms with Gasteiger partial charge in [-0.05, 0) is 17.9 Å². The van der Waals surface area contributed by atoms with Crippen molar-refractivity contribution in [2.75, 3.05) is 33.4 Å². The summed E-state index contributed by atoms with van der Waals surface area (Å²) < 4.78 is 5.16. The van der Waals surface area contributed by atoms with Crippen LogP contribution in [0.5, 0.6) is 0 Å². The molecule has 0 aliphatic carbocycles. The molecule has 0 radical (unpaired) electrons. The molecule has 0 bridgehead atoms. The molecule has 0 saturated carbocycles. The number of hydrogen-bond donors (Lipinski definition) is 0. The third-order valence-electron chi connectivity index (χ3n) is 5.16. The standard InChI is InChI=1S/C20H29N3O3/c1-15(2)11-18-19(24)21(9-10-26-3)13-17-14-22(20(25)23(17)18)12-16-7-5-4-6-8-16/h4-8,15,17-18H,9-14H2,1-3H3/t17-,18+/m1/s1. The number of fused-ring (bicyclic) bond motifs is 1. The van der Waals surface area contributed by atoms with Gasteiger partial charge in [-0.15, -0.1) is 0 Å². The van der Waals surface area contributed by atoms with Gasteiger partial charge >= 0.3 is 6.03 Å². The zero-order valence-corrected chi connectivity index (χ0v) is 15.9. The number of amides is 3. The second-order valence-electron chi connectivity index (χ2n) is 7.63. The van der Waals surface area contributed by atoms with Gasteiger partial charge in [0.2, 0.25) is 5.91 Å². The molecule has 2 atom stereocenters. The Morgan fingerprint density at radius 2 is 1.81 bits per heavy atom. The summed E-state index contributed by atoms with van der Waals surface area (Å²) in [6.07, 6.45) is 0.698. The van der Waals surface area contributed by atoms with Crippen molar-refractivity contribution in [1.29, 1.82) is 0 Å². The predicted molar refractivity (Wildman–Crippen MR) is 99.6 cm³/mol. The summed E-state index contributed by atoms with van der Waals surface area (Å²) in [5.74, 6) is 0.407. The number of carbonyl (C=O) groups excluding carboxylic acids is 2. The fourth-order valence-electron chi connectivity index (χ4n) is 3.95. The Kier molecular flexibility index (Phi) is 5.81. The van der Waals surface area contributed by atoms with Gasteiger partial charge in [0, 0.05) is 33.3 Å². The lowest BCUT2D eigenvalue weighted by molar-refractivity contribution is -0.143. The van der Waals surface area contributed by atoms with Crippen molar-refractivity contribution < 1.29 is 14.3 Å². The number of piperazine rings is 1. The summed E-state index contributed by atoms with van der Waals surface area (Å²) >= 11 is 0. The van der Waals surface area contributed by atoms with Crippen LogP contribution in [-0.4, -0.2) is 72.1 Å². The fraction of sp³-hybridized carbons (Fsp3) is 0.600. The predicted octanol–water partition coefficient (Wildman–Crippen LogP) is 2.20. The van der Waals surface area contributed by atoms with Crippen LogP contribution in [0.15, 0.2) is 30.3 Å². The van der Waals surface area contributed by atoms with Crippen LogP contribution in [0.1, 0.15) is 25.8 Å². The number of rotatable bonds is 7. The van der Waals surface area contributed by atoms with E-state index in [4.69, 9.17) is 4.74 Å². The maximum atomic E-state index is 13.1. The molecule has 0 spiro atoms. The van der Waals surface area contributed by atoms with Gasteiger partial charge in [-0.2, -0.15) is 0 Å². The molecule has 26 heavy (non-hydrogen) atoms. The maximum Gasteiger partial charge on any atom is 0.321 e. The van der Waals surface area contributed by atoms with E-state index in [1.807, 2.05) is 45.0 Å². The number of urea groups is 1. The van der Waals surface area contributed by atoms with E-state index in [0.717, 1.165) is 5.56 Å². The minimum atomic E-state index is -0.362. The monoisotopic (exact) mass is 359 g/mol. The number of hydrogen-bond acceptors (Lipinski definition) is 3. The molecule has 2 heterocycles. The number of carbonyl (C=O) groups is 2. The third kappa shape index (κ3) is 3.85. The minimum Gasteiger partial charge on any atom is -0.383 e. The molecule has 1 aromatic rings. The lowest BCUT2D eigenvalue weighted by Crippen LogP contribution is -2.61. The van der Waals surface area contributed by atoms with E-state index in [9.17, 15) is 9.59 Å². The van der Waals surface area contributed by atoms with E-state index in [1.165, 1.54) is 0 Å². The smallest absolute Gasteiger partial charge is 0.321 e. The lowest BCUT2D eigenvalue weighted by Gasteiger charge is -2.42. The van der Waals surface area contributed by atoms with E-state index < -0.39 is 0 Å². The highest BCUT2D eigenvalue weighted by Gasteiger charge is 2.49. The van der Waals surface area contributed by atoms with E-state index in [-0.39, 0.29) is 24.0 Å². The second-order valence-corrected chi connectivity index (χ2v) is 7.63. The molecule has 3 amide bonds. The Hall–Kier alpha value is -2.08. The molecule has 142 valence electrons. The first-order valence-electron chi connectivity index (χ1n) is 9.40. The fourth-order valence-corrected chi connectivity index (χ4v) is 3.95. The van der Waals surface area contributed by atoms with Gasteiger partial charge in [0.05, 0.1) is 12.6 Å². The zero-order valence-electron chi connectivity index (χ0n) is 15.9. The molecule has 2 aliphatic heterocycles. The van der Waals surface area contributed by atoms with Gasteiger partial charge in [0.15, 0.2) is 0 Å². The molecular formula is C20H29N3O3. The van der Waals surface area contributed by atoms with Gasteiger partial charge in [0.25, 0.3) is 0 Å². The Morgan fingerprint density at radius 3 is 2.46 bits per heavy atom. The zero-order chi connectivity index (χ0) is 18.7. The summed E-state index contributed by atoms with van der Waals surface area (Å²) in [5, 5.41) is 0. The SMILES string of the molecule is COCCN1C[C@@H]2CN(Cc3ccccc3)C(=O)N2[C@@H](CC(C)C)C1=O. The van der Waals surface area contributed by atoms with Crippen molar-refractivity contribution in [3.05, 3.63) is 35.9 Å². The van der Waals surface area contributed by atoms with Crippen molar-refractivity contribution in [2.24, 2.45) is 5.92 Å². The van der Waals surface area contributed by atoms with Crippen LogP contribution >= 0.6 is 0 Å². The first kappa shape index (κ1) is 18.7. The molecule has 2 fully saturated rings. The van der Waals surface area contributed by atoms with Crippen LogP contribution in [0.2, 0.25) is 0 Å². The van der Waals surface area contributed by atoms with Crippen molar-refractivity contribution in [3.63, 3.8) is 0 Å². The van der Waals surface area contributed by atoms with Crippen LogP contribution in [0.25, 0.3) is 0 Å². The van der Waals surface area contributed by atoms with Gasteiger partial charge in [-0.25, -0.2) is 4.79 Å². The molecule has 3 rings (SSSR count). The lowest BCUT2D eigenvalue weighted by atomic mass is 9.97. The summed E-state index contributed by atoms with van der Waals surface area (Å²) in [6, 6.07) is 9.71. The van der Waals surface area contributed by atoms with Gasteiger partial charge in [-0.1, -0.05) is 44.2 Å². The molecule has 6 heteroatoms. The molecular weight excluding hydrogens is 330 g/mol. The van der Waals surface area contributed by atoms with E-state index in [0.29, 0.717) is 45.1 Å². The summed E-state index contributed by atoms with van der Waals surface area (Å²) in [5.41, 5.74) is 1.11. The Bertz CT molecular complexity index is 634. The van der Waals surface area contributed by atoms with Crippen molar-refractivity contribution in [1.82, 2.24) is 14.7 Å². The Balaban J connectivity index is 1.78. The highest BCUT2D eigenvalue weighted by atomic mass is 16.5. The number of ether oxygens (including phenoxy) is 1. The Morgan fingerprint density at radius 1 is 1.12 bits per heavy atom. The molecule has 0 aromatic heterocycles. The molecule has 2 saturated heterocycles. The molecule has 0 unspecified atom stereocenters. The van der Waals surface area contributed by atoms with E-state index in [2.05, 4.69) is 13.8 Å². The first-order chi connectivity index (χ1) is 12.5. The number of benzene rings is 1. The van der Waals surface area contributed by atoms with Crippen LogP contribution in [-0.2, 0) is 16.1 Å². The van der Waals surface area contributed by atoms with Gasteiger partial charge in [0.1, 0.15) is 6.04 Å². The average molecular weight is 359 g/mol. The normalized spacial score (nSPS) is 23.2. The summed E-state index contributed by atoms with van der Waals surface area (Å²) in [7, 11) is 1.65.